The highest BCUT2D eigenvalue weighted by Gasteiger charge is 2.68. The summed E-state index contributed by atoms with van der Waals surface area (Å²) >= 11 is 0.0836. The fourth-order valence-electron chi connectivity index (χ4n) is 0.429. The van der Waals surface area contributed by atoms with Crippen LogP contribution in [-0.2, 0) is 0 Å². The number of halogens is 7. The van der Waals surface area contributed by atoms with Gasteiger partial charge in [0.05, 0.1) is 0 Å². The van der Waals surface area contributed by atoms with Gasteiger partial charge in [-0.25, -0.2) is 13.2 Å². The molecule has 0 fully saturated rings. The van der Waals surface area contributed by atoms with E-state index in [2.05, 4.69) is 0 Å². The van der Waals surface area contributed by atoms with E-state index in [0.29, 0.717) is 0 Å². The Hall–Kier alpha value is 0.310. The normalized spacial score (nSPS) is 19.0. The van der Waals surface area contributed by atoms with Crippen molar-refractivity contribution in [1.82, 2.24) is 0 Å². The van der Waals surface area contributed by atoms with Crippen LogP contribution < -0.4 is 0 Å². The summed E-state index contributed by atoms with van der Waals surface area (Å²) in [4.78, 5) is 0. The molecule has 1 atom stereocenters. The molecule has 0 heterocycles. The molecule has 0 aliphatic rings. The Kier molecular flexibility index (Phi) is 3.31. The lowest BCUT2D eigenvalue weighted by molar-refractivity contribution is -0.253. The van der Waals surface area contributed by atoms with Crippen LogP contribution in [0.4, 0.5) is 26.3 Å². The van der Waals surface area contributed by atoms with Gasteiger partial charge in [-0.15, -0.1) is 0 Å². The summed E-state index contributed by atoms with van der Waals surface area (Å²) in [5.74, 6) is -4.38. The average Bonchev–Trinajstić information content (AvgIpc) is 1.85. The number of hydrogen-bond acceptors (Lipinski definition) is 0. The van der Waals surface area contributed by atoms with Gasteiger partial charge in [-0.1, -0.05) is 6.92 Å². The van der Waals surface area contributed by atoms with Gasteiger partial charge in [-0.3, -0.25) is 0 Å². The molecule has 0 radical (unpaired) electrons. The van der Waals surface area contributed by atoms with Gasteiger partial charge in [0.1, 0.15) is 0 Å². The molecule has 0 aromatic carbocycles. The lowest BCUT2D eigenvalue weighted by Crippen LogP contribution is -2.49. The molecule has 0 aromatic heterocycles. The Morgan fingerprint density at radius 2 is 1.33 bits per heavy atom. The van der Waals surface area contributed by atoms with E-state index in [1.165, 1.54) is 0 Å². The topological polar surface area (TPSA) is 0 Å². The van der Waals surface area contributed by atoms with Gasteiger partial charge in [0.25, 0.3) is 5.92 Å². The lowest BCUT2D eigenvalue weighted by atomic mass is 10.1. The standard InChI is InChI=1S/C5H5F6I/c1-2-3(6,7)4(8,12)5(9,10)11/h2H2,1H3. The maximum absolute atomic E-state index is 12.5. The van der Waals surface area contributed by atoms with E-state index in [1.54, 1.807) is 0 Å². The van der Waals surface area contributed by atoms with E-state index in [9.17, 15) is 26.3 Å². The van der Waals surface area contributed by atoms with Gasteiger partial charge >= 0.3 is 9.85 Å². The molecule has 12 heavy (non-hydrogen) atoms. The first kappa shape index (κ1) is 12.3. The van der Waals surface area contributed by atoms with Crippen LogP contribution in [0.2, 0.25) is 0 Å². The second-order valence-corrected chi connectivity index (χ2v) is 3.62. The third-order valence-corrected chi connectivity index (χ3v) is 2.66. The Morgan fingerprint density at radius 1 is 1.00 bits per heavy atom. The Labute approximate surface area is 78.5 Å². The highest BCUT2D eigenvalue weighted by molar-refractivity contribution is 14.1. The predicted octanol–water partition coefficient (Wildman–Crippen LogP) is 3.69. The summed E-state index contributed by atoms with van der Waals surface area (Å²) in [5.41, 5.74) is 0. The molecule has 0 bridgehead atoms. The summed E-state index contributed by atoms with van der Waals surface area (Å²) in [6.45, 7) is 0.790. The van der Waals surface area contributed by atoms with Crippen molar-refractivity contribution < 1.29 is 26.3 Å². The van der Waals surface area contributed by atoms with Crippen LogP contribution in [0.3, 0.4) is 0 Å². The molecule has 0 amide bonds. The van der Waals surface area contributed by atoms with E-state index < -0.39 is 22.2 Å². The highest BCUT2D eigenvalue weighted by Crippen LogP contribution is 2.51. The van der Waals surface area contributed by atoms with Crippen molar-refractivity contribution in [2.24, 2.45) is 0 Å². The highest BCUT2D eigenvalue weighted by atomic mass is 127. The summed E-state index contributed by atoms with van der Waals surface area (Å²) < 4.78 is 67.6. The lowest BCUT2D eigenvalue weighted by Gasteiger charge is -2.29. The molecule has 1 unspecified atom stereocenters. The first-order chi connectivity index (χ1) is 5.06. The molecule has 0 aliphatic carbocycles. The molecule has 0 rings (SSSR count). The maximum Gasteiger partial charge on any atom is 0.438 e. The SMILES string of the molecule is CCC(F)(F)C(F)(I)C(F)(F)F. The largest absolute Gasteiger partial charge is 0.438 e. The van der Waals surface area contributed by atoms with Crippen molar-refractivity contribution in [3.63, 3.8) is 0 Å². The summed E-state index contributed by atoms with van der Waals surface area (Å²) in [5, 5.41) is 0. The minimum Gasteiger partial charge on any atom is -0.215 e. The van der Waals surface area contributed by atoms with Crippen LogP contribution in [0.15, 0.2) is 0 Å². The van der Waals surface area contributed by atoms with Crippen molar-refractivity contribution in [2.75, 3.05) is 0 Å². The van der Waals surface area contributed by atoms with Crippen molar-refractivity contribution in [2.45, 2.75) is 29.1 Å². The van der Waals surface area contributed by atoms with E-state index in [0.717, 1.165) is 6.92 Å². The third-order valence-electron chi connectivity index (χ3n) is 1.26. The monoisotopic (exact) mass is 306 g/mol. The van der Waals surface area contributed by atoms with E-state index in [4.69, 9.17) is 0 Å². The summed E-state index contributed by atoms with van der Waals surface area (Å²) in [6.07, 6.45) is -6.74. The van der Waals surface area contributed by atoms with E-state index in [-0.39, 0.29) is 22.6 Å². The quantitative estimate of drug-likeness (QED) is 0.415. The average molecular weight is 306 g/mol. The van der Waals surface area contributed by atoms with Crippen LogP contribution in [0, 0.1) is 0 Å². The van der Waals surface area contributed by atoms with Gasteiger partial charge in [-0.2, -0.15) is 13.2 Å². The van der Waals surface area contributed by atoms with Gasteiger partial charge in [-0.05, 0) is 22.6 Å². The molecule has 0 nitrogen and oxygen atoms in total. The van der Waals surface area contributed by atoms with E-state index >= 15 is 0 Å². The minimum absolute atomic E-state index is 0.0836. The maximum atomic E-state index is 12.5. The molecule has 0 N–H and O–H groups in total. The van der Waals surface area contributed by atoms with Crippen LogP contribution in [-0.4, -0.2) is 15.8 Å². The number of rotatable bonds is 2. The summed E-state index contributed by atoms with van der Waals surface area (Å²) in [6, 6.07) is 0. The second-order valence-electron chi connectivity index (χ2n) is 2.13. The summed E-state index contributed by atoms with van der Waals surface area (Å²) in [7, 11) is 0. The Balaban J connectivity index is 4.85. The fourth-order valence-corrected chi connectivity index (χ4v) is 0.811. The van der Waals surface area contributed by atoms with Crippen molar-refractivity contribution in [1.29, 1.82) is 0 Å². The molecule has 0 aromatic rings. The van der Waals surface area contributed by atoms with Crippen molar-refractivity contribution >= 4 is 22.6 Å². The molecular formula is C5H5F6I. The zero-order valence-electron chi connectivity index (χ0n) is 5.85. The molecular weight excluding hydrogens is 301 g/mol. The van der Waals surface area contributed by atoms with Gasteiger partial charge < -0.3 is 0 Å². The Bertz CT molecular complexity index is 160. The number of hydrogen-bond donors (Lipinski definition) is 0. The van der Waals surface area contributed by atoms with Crippen LogP contribution in [0.5, 0.6) is 0 Å². The minimum atomic E-state index is -5.55. The first-order valence-corrected chi connectivity index (χ1v) is 3.96. The molecule has 7 heteroatoms. The Morgan fingerprint density at radius 3 is 1.42 bits per heavy atom. The first-order valence-electron chi connectivity index (χ1n) is 2.88. The van der Waals surface area contributed by atoms with Crippen LogP contribution >= 0.6 is 22.6 Å². The molecule has 74 valence electrons. The third kappa shape index (κ3) is 1.97. The molecule has 0 saturated heterocycles. The van der Waals surface area contributed by atoms with Crippen molar-refractivity contribution in [3.05, 3.63) is 0 Å². The smallest absolute Gasteiger partial charge is 0.215 e. The number of alkyl halides is 7. The van der Waals surface area contributed by atoms with Gasteiger partial charge in [0.15, 0.2) is 0 Å². The van der Waals surface area contributed by atoms with Gasteiger partial charge in [0, 0.05) is 6.42 Å². The molecule has 0 saturated carbocycles. The zero-order chi connectivity index (χ0) is 10.2. The second kappa shape index (κ2) is 3.22. The predicted molar refractivity (Wildman–Crippen MR) is 39.2 cm³/mol. The van der Waals surface area contributed by atoms with E-state index in [1.807, 2.05) is 0 Å². The zero-order valence-corrected chi connectivity index (χ0v) is 8.01. The van der Waals surface area contributed by atoms with Crippen LogP contribution in [0.1, 0.15) is 13.3 Å². The fraction of sp³-hybridized carbons (Fsp3) is 1.00. The van der Waals surface area contributed by atoms with Gasteiger partial charge in [0.2, 0.25) is 0 Å². The van der Waals surface area contributed by atoms with Crippen LogP contribution in [0.25, 0.3) is 0 Å². The molecule has 0 spiro atoms. The van der Waals surface area contributed by atoms with Crippen molar-refractivity contribution in [3.8, 4) is 0 Å². The molecule has 0 aliphatic heterocycles.